The van der Waals surface area contributed by atoms with E-state index >= 15 is 0 Å². The van der Waals surface area contributed by atoms with Crippen molar-refractivity contribution in [3.63, 3.8) is 0 Å². The van der Waals surface area contributed by atoms with Gasteiger partial charge in [-0.25, -0.2) is 13.1 Å². The first-order valence-electron chi connectivity index (χ1n) is 6.10. The first kappa shape index (κ1) is 14.0. The Morgan fingerprint density at radius 1 is 1.44 bits per heavy atom. The van der Waals surface area contributed by atoms with E-state index in [0.717, 1.165) is 30.6 Å². The molecule has 1 fully saturated rings. The van der Waals surface area contributed by atoms with Gasteiger partial charge in [0, 0.05) is 15.3 Å². The van der Waals surface area contributed by atoms with Gasteiger partial charge in [0.1, 0.15) is 0 Å². The van der Waals surface area contributed by atoms with E-state index in [0.29, 0.717) is 9.77 Å². The van der Waals surface area contributed by atoms with E-state index in [1.807, 2.05) is 6.92 Å². The SMILES string of the molecule is Cc1sc(CO)cc1S(=O)(=O)NC1(C)CCCC1. The summed E-state index contributed by atoms with van der Waals surface area (Å²) in [4.78, 5) is 1.72. The lowest BCUT2D eigenvalue weighted by Gasteiger charge is -2.24. The minimum Gasteiger partial charge on any atom is -0.391 e. The van der Waals surface area contributed by atoms with Gasteiger partial charge < -0.3 is 5.11 Å². The Bertz CT molecular complexity index is 528. The smallest absolute Gasteiger partial charge is 0.242 e. The second-order valence-corrected chi connectivity index (χ2v) is 8.16. The lowest BCUT2D eigenvalue weighted by molar-refractivity contribution is 0.285. The predicted molar refractivity (Wildman–Crippen MR) is 72.2 cm³/mol. The number of hydrogen-bond acceptors (Lipinski definition) is 4. The topological polar surface area (TPSA) is 66.4 Å². The highest BCUT2D eigenvalue weighted by Crippen LogP contribution is 2.32. The van der Waals surface area contributed by atoms with Crippen LogP contribution < -0.4 is 4.72 Å². The third-order valence-corrected chi connectivity index (χ3v) is 6.39. The maximum atomic E-state index is 12.4. The van der Waals surface area contributed by atoms with Crippen molar-refractivity contribution < 1.29 is 13.5 Å². The van der Waals surface area contributed by atoms with Crippen molar-refractivity contribution >= 4 is 21.4 Å². The maximum absolute atomic E-state index is 12.4. The average molecular weight is 289 g/mol. The van der Waals surface area contributed by atoms with Gasteiger partial charge in [-0.1, -0.05) is 12.8 Å². The molecule has 2 rings (SSSR count). The zero-order chi connectivity index (χ0) is 13.4. The molecule has 4 nitrogen and oxygen atoms in total. The molecule has 1 aliphatic rings. The molecule has 6 heteroatoms. The Morgan fingerprint density at radius 3 is 2.56 bits per heavy atom. The molecular weight excluding hydrogens is 270 g/mol. The highest BCUT2D eigenvalue weighted by molar-refractivity contribution is 7.89. The first-order chi connectivity index (χ1) is 8.36. The molecule has 18 heavy (non-hydrogen) atoms. The number of nitrogens with one attached hydrogen (secondary N) is 1. The van der Waals surface area contributed by atoms with Gasteiger partial charge in [-0.2, -0.15) is 0 Å². The molecule has 0 atom stereocenters. The summed E-state index contributed by atoms with van der Waals surface area (Å²) in [6.07, 6.45) is 3.93. The van der Waals surface area contributed by atoms with Gasteiger partial charge >= 0.3 is 0 Å². The van der Waals surface area contributed by atoms with Crippen LogP contribution in [-0.2, 0) is 16.6 Å². The van der Waals surface area contributed by atoms with E-state index < -0.39 is 10.0 Å². The number of aliphatic hydroxyl groups excluding tert-OH is 1. The second-order valence-electron chi connectivity index (χ2n) is 5.16. The Hall–Kier alpha value is -0.430. The van der Waals surface area contributed by atoms with Crippen molar-refractivity contribution in [2.45, 2.75) is 56.6 Å². The minimum atomic E-state index is -3.47. The standard InChI is InChI=1S/C12H19NO3S2/c1-9-11(7-10(8-14)17-9)18(15,16)13-12(2)5-3-4-6-12/h7,13-14H,3-6,8H2,1-2H3. The minimum absolute atomic E-state index is 0.113. The molecular formula is C12H19NO3S2. The second kappa shape index (κ2) is 4.92. The van der Waals surface area contributed by atoms with Crippen LogP contribution in [0.5, 0.6) is 0 Å². The van der Waals surface area contributed by atoms with E-state index in [4.69, 9.17) is 5.11 Å². The Labute approximate surface area is 112 Å². The van der Waals surface area contributed by atoms with Crippen LogP contribution in [0.25, 0.3) is 0 Å². The van der Waals surface area contributed by atoms with Crippen LogP contribution in [-0.4, -0.2) is 19.1 Å². The van der Waals surface area contributed by atoms with Crippen LogP contribution in [0, 0.1) is 6.92 Å². The molecule has 0 aromatic carbocycles. The molecule has 102 valence electrons. The molecule has 0 unspecified atom stereocenters. The highest BCUT2D eigenvalue weighted by Gasteiger charge is 2.34. The molecule has 0 amide bonds. The summed E-state index contributed by atoms with van der Waals surface area (Å²) in [5.41, 5.74) is -0.313. The van der Waals surface area contributed by atoms with Crippen molar-refractivity contribution in [2.24, 2.45) is 0 Å². The van der Waals surface area contributed by atoms with Gasteiger partial charge in [0.2, 0.25) is 10.0 Å². The quantitative estimate of drug-likeness (QED) is 0.892. The highest BCUT2D eigenvalue weighted by atomic mass is 32.2. The fraction of sp³-hybridized carbons (Fsp3) is 0.667. The van der Waals surface area contributed by atoms with Crippen molar-refractivity contribution in [1.82, 2.24) is 4.72 Å². The van der Waals surface area contributed by atoms with Crippen LogP contribution in [0.3, 0.4) is 0 Å². The van der Waals surface area contributed by atoms with Crippen molar-refractivity contribution in [3.8, 4) is 0 Å². The number of thiophene rings is 1. The fourth-order valence-corrected chi connectivity index (χ4v) is 5.47. The van der Waals surface area contributed by atoms with Crippen molar-refractivity contribution in [1.29, 1.82) is 0 Å². The summed E-state index contributed by atoms with van der Waals surface area (Å²) in [6.45, 7) is 3.62. The Kier molecular flexibility index (Phi) is 3.82. The number of aliphatic hydroxyl groups is 1. The lowest BCUT2D eigenvalue weighted by Crippen LogP contribution is -2.43. The molecule has 1 heterocycles. The van der Waals surface area contributed by atoms with Gasteiger partial charge in [0.25, 0.3) is 0 Å². The number of hydrogen-bond donors (Lipinski definition) is 2. The van der Waals surface area contributed by atoms with Gasteiger partial charge in [-0.05, 0) is 32.8 Å². The Morgan fingerprint density at radius 2 is 2.06 bits per heavy atom. The molecule has 0 radical (unpaired) electrons. The van der Waals surface area contributed by atoms with E-state index in [-0.39, 0.29) is 12.1 Å². The molecule has 2 N–H and O–H groups in total. The maximum Gasteiger partial charge on any atom is 0.242 e. The molecule has 1 aliphatic carbocycles. The molecule has 1 saturated carbocycles. The fourth-order valence-electron chi connectivity index (χ4n) is 2.51. The summed E-state index contributed by atoms with van der Waals surface area (Å²) in [7, 11) is -3.47. The van der Waals surface area contributed by atoms with Crippen LogP contribution in [0.4, 0.5) is 0 Å². The van der Waals surface area contributed by atoms with Crippen LogP contribution in [0.2, 0.25) is 0 Å². The van der Waals surface area contributed by atoms with Crippen molar-refractivity contribution in [3.05, 3.63) is 15.8 Å². The number of aryl methyl sites for hydroxylation is 1. The van der Waals surface area contributed by atoms with E-state index in [1.165, 1.54) is 11.3 Å². The number of rotatable bonds is 4. The van der Waals surface area contributed by atoms with Crippen molar-refractivity contribution in [2.75, 3.05) is 0 Å². The molecule has 0 saturated heterocycles. The normalized spacial score (nSPS) is 19.3. The third-order valence-electron chi connectivity index (χ3n) is 3.46. The summed E-state index contributed by atoms with van der Waals surface area (Å²) < 4.78 is 27.5. The zero-order valence-electron chi connectivity index (χ0n) is 10.7. The lowest BCUT2D eigenvalue weighted by atomic mass is 10.0. The van der Waals surface area contributed by atoms with Gasteiger partial charge in [0.15, 0.2) is 0 Å². The largest absolute Gasteiger partial charge is 0.391 e. The van der Waals surface area contributed by atoms with Crippen LogP contribution >= 0.6 is 11.3 Å². The molecule has 0 aliphatic heterocycles. The van der Waals surface area contributed by atoms with Crippen LogP contribution in [0.15, 0.2) is 11.0 Å². The van der Waals surface area contributed by atoms with E-state index in [2.05, 4.69) is 4.72 Å². The zero-order valence-corrected chi connectivity index (χ0v) is 12.3. The molecule has 1 aromatic heterocycles. The molecule has 1 aromatic rings. The summed E-state index contributed by atoms with van der Waals surface area (Å²) in [5.74, 6) is 0. The van der Waals surface area contributed by atoms with Gasteiger partial charge in [-0.15, -0.1) is 11.3 Å². The van der Waals surface area contributed by atoms with Gasteiger partial charge in [-0.3, -0.25) is 0 Å². The molecule has 0 spiro atoms. The molecule has 0 bridgehead atoms. The van der Waals surface area contributed by atoms with Crippen LogP contribution in [0.1, 0.15) is 42.4 Å². The third kappa shape index (κ3) is 2.77. The monoisotopic (exact) mass is 289 g/mol. The summed E-state index contributed by atoms with van der Waals surface area (Å²) >= 11 is 1.33. The van der Waals surface area contributed by atoms with E-state index in [1.54, 1.807) is 13.0 Å². The summed E-state index contributed by atoms with van der Waals surface area (Å²) in [6, 6.07) is 1.57. The van der Waals surface area contributed by atoms with Gasteiger partial charge in [0.05, 0.1) is 11.5 Å². The predicted octanol–water partition coefficient (Wildman–Crippen LogP) is 2.16. The average Bonchev–Trinajstić information content (AvgIpc) is 2.84. The summed E-state index contributed by atoms with van der Waals surface area (Å²) in [5, 5.41) is 9.07. The first-order valence-corrected chi connectivity index (χ1v) is 8.40. The number of sulfonamides is 1. The van der Waals surface area contributed by atoms with E-state index in [9.17, 15) is 8.42 Å². The Balaban J connectivity index is 2.27.